The zero-order valence-electron chi connectivity index (χ0n) is 17.2. The molecule has 1 aliphatic rings. The molecule has 1 fully saturated rings. The number of nitrogen functional groups attached to an aromatic ring is 1. The molecule has 4 aromatic rings. The Kier molecular flexibility index (Phi) is 5.81. The minimum absolute atomic E-state index is 0.00215. The Bertz CT molecular complexity index is 1270. The molecular weight excluding hydrogens is 444 g/mol. The van der Waals surface area contributed by atoms with E-state index in [2.05, 4.69) is 20.3 Å². The third-order valence-electron chi connectivity index (χ3n) is 5.52. The maximum Gasteiger partial charge on any atom is 0.222 e. The Morgan fingerprint density at radius 1 is 1.22 bits per heavy atom. The third-order valence-corrected chi connectivity index (χ3v) is 8.82. The number of thiophene rings is 1. The molecular formula is C22H22N6O2S2. The van der Waals surface area contributed by atoms with Crippen LogP contribution >= 0.6 is 11.3 Å². The molecule has 0 aliphatic heterocycles. The number of hydrogen-bond donors (Lipinski definition) is 3. The van der Waals surface area contributed by atoms with E-state index in [4.69, 9.17) is 15.8 Å². The van der Waals surface area contributed by atoms with Gasteiger partial charge in [0.2, 0.25) is 5.95 Å². The summed E-state index contributed by atoms with van der Waals surface area (Å²) in [6, 6.07) is 5.81. The molecule has 0 spiro atoms. The first-order chi connectivity index (χ1) is 15.7. The fourth-order valence-electron chi connectivity index (χ4n) is 3.60. The van der Waals surface area contributed by atoms with Gasteiger partial charge in [-0.2, -0.15) is 0 Å². The van der Waals surface area contributed by atoms with Crippen molar-refractivity contribution in [2.45, 2.75) is 28.7 Å². The number of aromatic nitrogens is 4. The second kappa shape index (κ2) is 8.89. The lowest BCUT2D eigenvalue weighted by Gasteiger charge is -2.23. The minimum Gasteiger partial charge on any atom is -0.396 e. The number of nitrogens with two attached hydrogens (primary N) is 1. The van der Waals surface area contributed by atoms with Gasteiger partial charge in [0.1, 0.15) is 9.04 Å². The van der Waals surface area contributed by atoms with Crippen LogP contribution in [-0.2, 0) is 10.8 Å². The molecule has 4 aromatic heterocycles. The van der Waals surface area contributed by atoms with Crippen LogP contribution in [0.3, 0.4) is 0 Å². The summed E-state index contributed by atoms with van der Waals surface area (Å²) in [6.45, 7) is 0.381. The average Bonchev–Trinajstić information content (AvgIpc) is 3.13. The van der Waals surface area contributed by atoms with Crippen LogP contribution in [0, 0.1) is 0 Å². The monoisotopic (exact) mass is 466 g/mol. The van der Waals surface area contributed by atoms with Crippen molar-refractivity contribution in [2.24, 2.45) is 0 Å². The maximum atomic E-state index is 13.1. The number of nitrogens with zero attached hydrogens (tertiary/aromatic N) is 4. The molecule has 32 heavy (non-hydrogen) atoms. The molecule has 164 valence electrons. The third kappa shape index (κ3) is 3.85. The van der Waals surface area contributed by atoms with E-state index in [0.29, 0.717) is 28.1 Å². The summed E-state index contributed by atoms with van der Waals surface area (Å²) in [5, 5.41) is 12.9. The second-order valence-corrected chi connectivity index (χ2v) is 10.5. The average molecular weight is 467 g/mol. The number of fused-ring (bicyclic) bond motifs is 1. The largest absolute Gasteiger partial charge is 0.396 e. The van der Waals surface area contributed by atoms with E-state index in [1.165, 1.54) is 11.3 Å². The van der Waals surface area contributed by atoms with Crippen molar-refractivity contribution in [1.29, 1.82) is 0 Å². The maximum absolute atomic E-state index is 13.1. The summed E-state index contributed by atoms with van der Waals surface area (Å²) in [4.78, 5) is 18.5. The molecule has 4 heterocycles. The van der Waals surface area contributed by atoms with Crippen LogP contribution in [0.2, 0.25) is 0 Å². The summed E-state index contributed by atoms with van der Waals surface area (Å²) < 4.78 is 13.8. The van der Waals surface area contributed by atoms with Gasteiger partial charge in [-0.1, -0.05) is 12.5 Å². The van der Waals surface area contributed by atoms with Gasteiger partial charge >= 0.3 is 0 Å². The van der Waals surface area contributed by atoms with Gasteiger partial charge < -0.3 is 16.2 Å². The minimum atomic E-state index is -1.12. The summed E-state index contributed by atoms with van der Waals surface area (Å²) in [5.41, 5.74) is 10.4. The number of pyridine rings is 2. The van der Waals surface area contributed by atoms with Gasteiger partial charge in [0.25, 0.3) is 0 Å². The first-order valence-electron chi connectivity index (χ1n) is 10.4. The highest BCUT2D eigenvalue weighted by atomic mass is 32.2. The SMILES string of the molecule is Nc1c([S@@](=O)C2CCC2)sc2nc(-c3cnc(NCCO)nc3)cc(-c3cccnc3)c12. The molecule has 0 unspecified atom stereocenters. The van der Waals surface area contributed by atoms with E-state index in [1.54, 1.807) is 24.8 Å². The zero-order valence-corrected chi connectivity index (χ0v) is 18.8. The molecule has 8 nitrogen and oxygen atoms in total. The van der Waals surface area contributed by atoms with Crippen molar-refractivity contribution in [2.75, 3.05) is 24.2 Å². The molecule has 0 bridgehead atoms. The highest BCUT2D eigenvalue weighted by molar-refractivity contribution is 7.88. The predicted molar refractivity (Wildman–Crippen MR) is 128 cm³/mol. The van der Waals surface area contributed by atoms with Crippen LogP contribution in [0.25, 0.3) is 32.6 Å². The normalized spacial score (nSPS) is 14.9. The van der Waals surface area contributed by atoms with Crippen molar-refractivity contribution >= 4 is 44.0 Å². The van der Waals surface area contributed by atoms with Crippen molar-refractivity contribution in [3.63, 3.8) is 0 Å². The summed E-state index contributed by atoms with van der Waals surface area (Å²) in [5.74, 6) is 0.440. The number of rotatable bonds is 7. The van der Waals surface area contributed by atoms with E-state index in [9.17, 15) is 4.21 Å². The van der Waals surface area contributed by atoms with Crippen molar-refractivity contribution in [1.82, 2.24) is 19.9 Å². The standard InChI is InChI=1S/C22H22N6O2S2/c23-19-18-16(13-3-2-6-24-10-13)9-17(14-11-26-22(27-12-14)25-7-8-29)28-20(18)31-21(19)32(30)15-4-1-5-15/h2-3,6,9-12,15,29H,1,4-5,7-8,23H2,(H,25,26,27)/t32-/m0/s1. The highest BCUT2D eigenvalue weighted by Gasteiger charge is 2.29. The number of anilines is 2. The molecule has 5 rings (SSSR count). The first-order valence-corrected chi connectivity index (χ1v) is 12.4. The fourth-order valence-corrected chi connectivity index (χ4v) is 6.81. The molecule has 10 heteroatoms. The molecule has 1 aliphatic carbocycles. The molecule has 1 atom stereocenters. The predicted octanol–water partition coefficient (Wildman–Crippen LogP) is 3.46. The number of nitrogens with one attached hydrogen (secondary N) is 1. The molecule has 0 radical (unpaired) electrons. The van der Waals surface area contributed by atoms with Crippen LogP contribution in [0.1, 0.15) is 19.3 Å². The Morgan fingerprint density at radius 2 is 2.03 bits per heavy atom. The van der Waals surface area contributed by atoms with Gasteiger partial charge in [0.05, 0.1) is 28.8 Å². The molecule has 0 amide bonds. The summed E-state index contributed by atoms with van der Waals surface area (Å²) in [6.07, 6.45) is 9.97. The van der Waals surface area contributed by atoms with E-state index < -0.39 is 10.8 Å². The van der Waals surface area contributed by atoms with Crippen LogP contribution in [0.4, 0.5) is 11.6 Å². The summed E-state index contributed by atoms with van der Waals surface area (Å²) in [7, 11) is -1.12. The van der Waals surface area contributed by atoms with Crippen LogP contribution in [-0.4, -0.2) is 47.7 Å². The lowest BCUT2D eigenvalue weighted by atomic mass is 10.00. The van der Waals surface area contributed by atoms with Gasteiger partial charge in [-0.15, -0.1) is 11.3 Å². The molecule has 1 saturated carbocycles. The highest BCUT2D eigenvalue weighted by Crippen LogP contribution is 2.44. The van der Waals surface area contributed by atoms with Crippen LogP contribution < -0.4 is 11.1 Å². The Morgan fingerprint density at radius 3 is 2.69 bits per heavy atom. The lowest BCUT2D eigenvalue weighted by molar-refractivity contribution is 0.311. The van der Waals surface area contributed by atoms with Gasteiger partial charge in [0.15, 0.2) is 0 Å². The Hall–Kier alpha value is -2.95. The van der Waals surface area contributed by atoms with E-state index in [1.807, 2.05) is 18.2 Å². The first kappa shape index (κ1) is 20.9. The Labute approximate surface area is 191 Å². The number of aliphatic hydroxyl groups excluding tert-OH is 1. The van der Waals surface area contributed by atoms with E-state index >= 15 is 0 Å². The van der Waals surface area contributed by atoms with Gasteiger partial charge in [-0.25, -0.2) is 15.0 Å². The number of hydrogen-bond acceptors (Lipinski definition) is 9. The number of aliphatic hydroxyl groups is 1. The molecule has 0 aromatic carbocycles. The topological polar surface area (TPSA) is 127 Å². The zero-order chi connectivity index (χ0) is 22.1. The van der Waals surface area contributed by atoms with Crippen molar-refractivity contribution < 1.29 is 9.32 Å². The molecule has 0 saturated heterocycles. The van der Waals surface area contributed by atoms with Crippen LogP contribution in [0.5, 0.6) is 0 Å². The van der Waals surface area contributed by atoms with Crippen molar-refractivity contribution in [3.05, 3.63) is 43.0 Å². The quantitative estimate of drug-likeness (QED) is 0.378. The van der Waals surface area contributed by atoms with E-state index in [0.717, 1.165) is 46.2 Å². The van der Waals surface area contributed by atoms with E-state index in [-0.39, 0.29) is 11.9 Å². The summed E-state index contributed by atoms with van der Waals surface area (Å²) >= 11 is 1.40. The molecule has 4 N–H and O–H groups in total. The van der Waals surface area contributed by atoms with Gasteiger partial charge in [0, 0.05) is 53.1 Å². The van der Waals surface area contributed by atoms with Gasteiger partial charge in [-0.3, -0.25) is 9.19 Å². The van der Waals surface area contributed by atoms with Crippen molar-refractivity contribution in [3.8, 4) is 22.4 Å². The van der Waals surface area contributed by atoms with Gasteiger partial charge in [-0.05, 0) is 30.5 Å². The smallest absolute Gasteiger partial charge is 0.222 e. The Balaban J connectivity index is 1.64. The lowest BCUT2D eigenvalue weighted by Crippen LogP contribution is -2.23. The fraction of sp³-hybridized carbons (Fsp3) is 0.273. The van der Waals surface area contributed by atoms with Crippen LogP contribution in [0.15, 0.2) is 47.2 Å². The second-order valence-electron chi connectivity index (χ2n) is 7.58.